The lowest BCUT2D eigenvalue weighted by atomic mass is 10.2. The van der Waals surface area contributed by atoms with Gasteiger partial charge in [0, 0.05) is 51.6 Å². The van der Waals surface area contributed by atoms with E-state index in [9.17, 15) is 21.6 Å². The number of carbonyl (C=O) groups excluding carboxylic acids is 1. The van der Waals surface area contributed by atoms with Gasteiger partial charge in [-0.25, -0.2) is 21.8 Å². The molecule has 2 heterocycles. The van der Waals surface area contributed by atoms with Gasteiger partial charge in [-0.15, -0.1) is 0 Å². The normalized spacial score (nSPS) is 14.7. The first-order chi connectivity index (χ1) is 18.5. The first kappa shape index (κ1) is 27.3. The molecule has 12 heteroatoms. The average Bonchev–Trinajstić information content (AvgIpc) is 3.36. The lowest BCUT2D eigenvalue weighted by Crippen LogP contribution is -2.48. The molecular formula is C27H28N4O5S3. The topological polar surface area (TPSA) is 108 Å². The maximum Gasteiger partial charge on any atom is 0.253 e. The van der Waals surface area contributed by atoms with Gasteiger partial charge < -0.3 is 9.80 Å². The quantitative estimate of drug-likeness (QED) is 0.327. The molecule has 0 bridgehead atoms. The molecule has 9 nitrogen and oxygen atoms in total. The van der Waals surface area contributed by atoms with Crippen LogP contribution in [0.5, 0.6) is 0 Å². The SMILES string of the molecule is CN(Cc1ccccc1)S(=O)(=O)c1ccc(C(=O)N2CCN(c3nc4ccc(S(C)(=O)=O)cc4s3)CC2)cc1. The van der Waals surface area contributed by atoms with E-state index in [-0.39, 0.29) is 22.2 Å². The summed E-state index contributed by atoms with van der Waals surface area (Å²) in [7, 11) is -5.46. The van der Waals surface area contributed by atoms with Gasteiger partial charge in [-0.1, -0.05) is 41.7 Å². The fraction of sp³-hybridized carbons (Fsp3) is 0.259. The second kappa shape index (κ2) is 10.7. The van der Waals surface area contributed by atoms with Crippen molar-refractivity contribution >= 4 is 52.5 Å². The molecular weight excluding hydrogens is 557 g/mol. The Bertz CT molecular complexity index is 1710. The van der Waals surface area contributed by atoms with Gasteiger partial charge >= 0.3 is 0 Å². The zero-order valence-electron chi connectivity index (χ0n) is 21.5. The number of anilines is 1. The van der Waals surface area contributed by atoms with Crippen LogP contribution in [0.1, 0.15) is 15.9 Å². The van der Waals surface area contributed by atoms with Crippen molar-refractivity contribution in [3.63, 3.8) is 0 Å². The standard InChI is InChI=1S/C27H28N4O5S3/c1-29(19-20-6-4-3-5-7-20)39(35,36)22-10-8-21(9-11-22)26(32)30-14-16-31(17-15-30)27-28-24-13-12-23(38(2,33)34)18-25(24)37-27/h3-13,18H,14-17,19H2,1-2H3. The summed E-state index contributed by atoms with van der Waals surface area (Å²) in [5, 5.41) is 0.789. The average molecular weight is 585 g/mol. The molecule has 4 aromatic rings. The molecule has 0 spiro atoms. The third kappa shape index (κ3) is 5.83. The van der Waals surface area contributed by atoms with E-state index in [1.54, 1.807) is 35.2 Å². The van der Waals surface area contributed by atoms with Crippen molar-refractivity contribution in [3.8, 4) is 0 Å². The van der Waals surface area contributed by atoms with Gasteiger partial charge in [-0.3, -0.25) is 4.79 Å². The molecule has 204 valence electrons. The van der Waals surface area contributed by atoms with Crippen molar-refractivity contribution in [1.29, 1.82) is 0 Å². The van der Waals surface area contributed by atoms with Crippen LogP contribution < -0.4 is 4.90 Å². The maximum atomic E-state index is 13.1. The molecule has 3 aromatic carbocycles. The van der Waals surface area contributed by atoms with Gasteiger partial charge in [0.15, 0.2) is 15.0 Å². The predicted octanol–water partition coefficient (Wildman–Crippen LogP) is 3.48. The highest BCUT2D eigenvalue weighted by Gasteiger charge is 2.26. The van der Waals surface area contributed by atoms with Crippen LogP contribution in [0.4, 0.5) is 5.13 Å². The second-order valence-corrected chi connectivity index (χ2v) is 14.5. The Morgan fingerprint density at radius 3 is 2.18 bits per heavy atom. The van der Waals surface area contributed by atoms with Gasteiger partial charge in [-0.2, -0.15) is 4.31 Å². The Morgan fingerprint density at radius 2 is 1.54 bits per heavy atom. The minimum absolute atomic E-state index is 0.136. The smallest absolute Gasteiger partial charge is 0.253 e. The van der Waals surface area contributed by atoms with E-state index in [0.29, 0.717) is 31.7 Å². The number of carbonyl (C=O) groups is 1. The Kier molecular flexibility index (Phi) is 7.47. The number of rotatable bonds is 7. The molecule has 39 heavy (non-hydrogen) atoms. The maximum absolute atomic E-state index is 13.1. The summed E-state index contributed by atoms with van der Waals surface area (Å²) in [6.07, 6.45) is 1.18. The van der Waals surface area contributed by atoms with E-state index in [4.69, 9.17) is 0 Å². The highest BCUT2D eigenvalue weighted by molar-refractivity contribution is 7.90. The second-order valence-electron chi connectivity index (χ2n) is 9.45. The van der Waals surface area contributed by atoms with Crippen LogP contribution in [0.2, 0.25) is 0 Å². The Hall–Kier alpha value is -3.32. The van der Waals surface area contributed by atoms with Gasteiger partial charge in [0.05, 0.1) is 20.0 Å². The molecule has 0 N–H and O–H groups in total. The fourth-order valence-electron chi connectivity index (χ4n) is 4.42. The number of sulfone groups is 1. The number of hydrogen-bond acceptors (Lipinski definition) is 8. The highest BCUT2D eigenvalue weighted by Crippen LogP contribution is 2.31. The predicted molar refractivity (Wildman–Crippen MR) is 152 cm³/mol. The van der Waals surface area contributed by atoms with Crippen molar-refractivity contribution in [2.45, 2.75) is 16.3 Å². The van der Waals surface area contributed by atoms with Gasteiger partial charge in [0.2, 0.25) is 10.0 Å². The number of sulfonamides is 1. The molecule has 0 atom stereocenters. The van der Waals surface area contributed by atoms with Crippen molar-refractivity contribution in [2.24, 2.45) is 0 Å². The highest BCUT2D eigenvalue weighted by atomic mass is 32.2. The largest absolute Gasteiger partial charge is 0.345 e. The van der Waals surface area contributed by atoms with Gasteiger partial charge in [0.1, 0.15) is 0 Å². The number of fused-ring (bicyclic) bond motifs is 1. The molecule has 0 aliphatic carbocycles. The van der Waals surface area contributed by atoms with Crippen molar-refractivity contribution in [2.75, 3.05) is 44.4 Å². The molecule has 1 fully saturated rings. The minimum atomic E-state index is -3.70. The first-order valence-corrected chi connectivity index (χ1v) is 16.4. The molecule has 1 saturated heterocycles. The van der Waals surface area contributed by atoms with Crippen LogP contribution in [0, 0.1) is 0 Å². The Balaban J connectivity index is 1.22. The van der Waals surface area contributed by atoms with Crippen molar-refractivity contribution < 1.29 is 21.6 Å². The fourth-order valence-corrected chi connectivity index (χ4v) is 7.35. The van der Waals surface area contributed by atoms with E-state index < -0.39 is 19.9 Å². The summed E-state index contributed by atoms with van der Waals surface area (Å²) in [5.41, 5.74) is 2.06. The van der Waals surface area contributed by atoms with Crippen molar-refractivity contribution in [3.05, 3.63) is 83.9 Å². The van der Waals surface area contributed by atoms with Crippen LogP contribution >= 0.6 is 11.3 Å². The van der Waals surface area contributed by atoms with Gasteiger partial charge in [-0.05, 0) is 48.0 Å². The van der Waals surface area contributed by atoms with E-state index in [1.165, 1.54) is 41.1 Å². The number of nitrogens with zero attached hydrogens (tertiary/aromatic N) is 4. The number of thiazole rings is 1. The lowest BCUT2D eigenvalue weighted by molar-refractivity contribution is 0.0746. The molecule has 1 aliphatic heterocycles. The summed E-state index contributed by atoms with van der Waals surface area (Å²) >= 11 is 1.43. The van der Waals surface area contributed by atoms with Crippen LogP contribution in [0.3, 0.4) is 0 Å². The number of amides is 1. The van der Waals surface area contributed by atoms with Crippen LogP contribution in [-0.2, 0) is 26.4 Å². The monoisotopic (exact) mass is 584 g/mol. The van der Waals surface area contributed by atoms with Gasteiger partial charge in [0.25, 0.3) is 5.91 Å². The van der Waals surface area contributed by atoms with E-state index in [2.05, 4.69) is 9.88 Å². The number of aromatic nitrogens is 1. The third-order valence-corrected chi connectivity index (χ3v) is 10.7. The summed E-state index contributed by atoms with van der Waals surface area (Å²) in [6.45, 7) is 2.40. The molecule has 0 saturated carbocycles. The minimum Gasteiger partial charge on any atom is -0.345 e. The molecule has 0 radical (unpaired) electrons. The molecule has 1 amide bonds. The van der Waals surface area contributed by atoms with E-state index >= 15 is 0 Å². The Labute approximate surface area is 232 Å². The zero-order chi connectivity index (χ0) is 27.8. The van der Waals surface area contributed by atoms with E-state index in [0.717, 1.165) is 20.9 Å². The van der Waals surface area contributed by atoms with Crippen molar-refractivity contribution in [1.82, 2.24) is 14.2 Å². The number of hydrogen-bond donors (Lipinski definition) is 0. The molecule has 0 unspecified atom stereocenters. The Morgan fingerprint density at radius 1 is 0.897 bits per heavy atom. The zero-order valence-corrected chi connectivity index (χ0v) is 24.0. The molecule has 1 aromatic heterocycles. The summed E-state index contributed by atoms with van der Waals surface area (Å²) in [5.74, 6) is -0.154. The molecule has 1 aliphatic rings. The van der Waals surface area contributed by atoms with Crippen LogP contribution in [-0.4, -0.2) is 76.4 Å². The van der Waals surface area contributed by atoms with Crippen LogP contribution in [0.25, 0.3) is 10.2 Å². The lowest BCUT2D eigenvalue weighted by Gasteiger charge is -2.34. The number of piperazine rings is 1. The summed E-state index contributed by atoms with van der Waals surface area (Å²) < 4.78 is 51.9. The summed E-state index contributed by atoms with van der Waals surface area (Å²) in [6, 6.07) is 20.4. The summed E-state index contributed by atoms with van der Waals surface area (Å²) in [4.78, 5) is 22.0. The van der Waals surface area contributed by atoms with E-state index in [1.807, 2.05) is 30.3 Å². The number of benzene rings is 3. The molecule has 5 rings (SSSR count). The van der Waals surface area contributed by atoms with Crippen LogP contribution in [0.15, 0.2) is 82.6 Å². The third-order valence-electron chi connectivity index (χ3n) is 6.67. The first-order valence-electron chi connectivity index (χ1n) is 12.3.